The van der Waals surface area contributed by atoms with Gasteiger partial charge in [-0.05, 0) is 76.9 Å². The number of hydrogen-bond acceptors (Lipinski definition) is 2. The average Bonchev–Trinajstić information content (AvgIpc) is 3.30. The Morgan fingerprint density at radius 3 is 2.52 bits per heavy atom. The van der Waals surface area contributed by atoms with Gasteiger partial charge in [0.05, 0.1) is 0 Å². The maximum absolute atomic E-state index is 4.93. The van der Waals surface area contributed by atoms with E-state index in [2.05, 4.69) is 22.0 Å². The van der Waals surface area contributed by atoms with Crippen molar-refractivity contribution in [3.63, 3.8) is 0 Å². The van der Waals surface area contributed by atoms with E-state index in [0.717, 1.165) is 13.1 Å². The molecule has 3 aliphatic rings. The lowest BCUT2D eigenvalue weighted by Crippen LogP contribution is -2.41. The third-order valence-electron chi connectivity index (χ3n) is 6.08. The molecule has 23 heavy (non-hydrogen) atoms. The van der Waals surface area contributed by atoms with Crippen molar-refractivity contribution in [1.29, 1.82) is 0 Å². The van der Waals surface area contributed by atoms with Crippen molar-refractivity contribution in [1.82, 2.24) is 15.1 Å². The zero-order valence-electron chi connectivity index (χ0n) is 15.2. The number of hydrogen-bond donors (Lipinski definition) is 1. The second kappa shape index (κ2) is 8.36. The first-order valence-electron chi connectivity index (χ1n) is 10.1. The predicted octanol–water partition coefficient (Wildman–Crippen LogP) is 3.09. The molecule has 3 fully saturated rings. The van der Waals surface area contributed by atoms with Crippen molar-refractivity contribution < 1.29 is 0 Å². The summed E-state index contributed by atoms with van der Waals surface area (Å²) in [4.78, 5) is 10.1. The van der Waals surface area contributed by atoms with E-state index in [0.29, 0.717) is 5.41 Å². The Kier molecular flexibility index (Phi) is 6.21. The van der Waals surface area contributed by atoms with E-state index >= 15 is 0 Å². The fourth-order valence-corrected chi connectivity index (χ4v) is 4.71. The Labute approximate surface area is 142 Å². The molecule has 0 radical (unpaired) electrons. The van der Waals surface area contributed by atoms with Crippen molar-refractivity contribution >= 4 is 5.96 Å². The average molecular weight is 321 g/mol. The highest BCUT2D eigenvalue weighted by atomic mass is 15.3. The highest BCUT2D eigenvalue weighted by molar-refractivity contribution is 5.80. The molecule has 0 bridgehead atoms. The van der Waals surface area contributed by atoms with E-state index in [1.54, 1.807) is 0 Å². The van der Waals surface area contributed by atoms with Crippen LogP contribution in [0, 0.1) is 5.41 Å². The normalized spacial score (nSPS) is 24.9. The number of nitrogens with one attached hydrogen (secondary N) is 1. The maximum atomic E-state index is 4.93. The molecule has 0 aromatic heterocycles. The van der Waals surface area contributed by atoms with Gasteiger partial charge in [0.2, 0.25) is 0 Å². The number of unbranched alkanes of at least 4 members (excludes halogenated alkanes) is 1. The first-order chi connectivity index (χ1) is 11.3. The van der Waals surface area contributed by atoms with Gasteiger partial charge in [-0.2, -0.15) is 0 Å². The number of guanidine groups is 1. The topological polar surface area (TPSA) is 30.9 Å². The van der Waals surface area contributed by atoms with Crippen molar-refractivity contribution in [3.05, 3.63) is 0 Å². The molecule has 0 aromatic rings. The Morgan fingerprint density at radius 2 is 1.78 bits per heavy atom. The lowest BCUT2D eigenvalue weighted by atomic mass is 9.86. The van der Waals surface area contributed by atoms with Gasteiger partial charge < -0.3 is 15.1 Å². The predicted molar refractivity (Wildman–Crippen MR) is 98.0 cm³/mol. The first-order valence-corrected chi connectivity index (χ1v) is 10.1. The van der Waals surface area contributed by atoms with Crippen molar-refractivity contribution in [3.8, 4) is 0 Å². The molecule has 0 atom stereocenters. The van der Waals surface area contributed by atoms with Gasteiger partial charge in [-0.3, -0.25) is 4.99 Å². The van der Waals surface area contributed by atoms with Crippen LogP contribution in [-0.4, -0.2) is 61.6 Å². The van der Waals surface area contributed by atoms with Gasteiger partial charge >= 0.3 is 0 Å². The van der Waals surface area contributed by atoms with Crippen LogP contribution in [0.15, 0.2) is 4.99 Å². The molecule has 0 aromatic carbocycles. The van der Waals surface area contributed by atoms with E-state index in [1.165, 1.54) is 96.5 Å². The summed E-state index contributed by atoms with van der Waals surface area (Å²) in [7, 11) is 0. The fraction of sp³-hybridized carbons (Fsp3) is 0.947. The standard InChI is InChI=1S/C19H36N4/c1-2-20-18(21-12-5-6-13-22-14-7-8-15-22)23-16-11-19(17-23)9-3-4-10-19/h2-17H2,1H3,(H,20,21). The number of nitrogens with zero attached hydrogens (tertiary/aromatic N) is 3. The molecule has 0 amide bonds. The lowest BCUT2D eigenvalue weighted by Gasteiger charge is -2.26. The third-order valence-corrected chi connectivity index (χ3v) is 6.08. The largest absolute Gasteiger partial charge is 0.357 e. The van der Waals surface area contributed by atoms with Crippen molar-refractivity contribution in [2.75, 3.05) is 45.8 Å². The van der Waals surface area contributed by atoms with Crippen LogP contribution >= 0.6 is 0 Å². The van der Waals surface area contributed by atoms with Crippen molar-refractivity contribution in [2.24, 2.45) is 10.4 Å². The summed E-state index contributed by atoms with van der Waals surface area (Å²) >= 11 is 0. The number of rotatable bonds is 6. The van der Waals surface area contributed by atoms with Gasteiger partial charge in [-0.15, -0.1) is 0 Å². The molecule has 4 nitrogen and oxygen atoms in total. The fourth-order valence-electron chi connectivity index (χ4n) is 4.71. The smallest absolute Gasteiger partial charge is 0.193 e. The van der Waals surface area contributed by atoms with Crippen LogP contribution in [0.4, 0.5) is 0 Å². The van der Waals surface area contributed by atoms with E-state index < -0.39 is 0 Å². The highest BCUT2D eigenvalue weighted by Crippen LogP contribution is 2.45. The Hall–Kier alpha value is -0.770. The molecule has 4 heteroatoms. The summed E-state index contributed by atoms with van der Waals surface area (Å²) in [6, 6.07) is 0. The number of likely N-dealkylation sites (tertiary alicyclic amines) is 2. The molecule has 1 aliphatic carbocycles. The summed E-state index contributed by atoms with van der Waals surface area (Å²) in [6.45, 7) is 10.5. The molecule has 2 aliphatic heterocycles. The zero-order chi connectivity index (χ0) is 16.0. The Balaban J connectivity index is 1.42. The molecular formula is C19H36N4. The van der Waals surface area contributed by atoms with Gasteiger partial charge in [0.15, 0.2) is 5.96 Å². The van der Waals surface area contributed by atoms with Crippen LogP contribution in [-0.2, 0) is 0 Å². The summed E-state index contributed by atoms with van der Waals surface area (Å²) < 4.78 is 0. The van der Waals surface area contributed by atoms with E-state index in [4.69, 9.17) is 4.99 Å². The summed E-state index contributed by atoms with van der Waals surface area (Å²) in [5, 5.41) is 3.53. The monoisotopic (exact) mass is 320 g/mol. The Morgan fingerprint density at radius 1 is 1.00 bits per heavy atom. The molecule has 132 valence electrons. The number of aliphatic imine (C=N–C) groups is 1. The molecule has 2 heterocycles. The summed E-state index contributed by atoms with van der Waals surface area (Å²) in [6.07, 6.45) is 12.5. The zero-order valence-corrected chi connectivity index (χ0v) is 15.2. The first kappa shape index (κ1) is 17.1. The molecular weight excluding hydrogens is 284 g/mol. The van der Waals surface area contributed by atoms with Gasteiger partial charge in [-0.1, -0.05) is 12.8 Å². The summed E-state index contributed by atoms with van der Waals surface area (Å²) in [5.74, 6) is 1.18. The molecule has 0 unspecified atom stereocenters. The van der Waals surface area contributed by atoms with Gasteiger partial charge in [-0.25, -0.2) is 0 Å². The van der Waals surface area contributed by atoms with Crippen LogP contribution in [0.3, 0.4) is 0 Å². The molecule has 2 saturated heterocycles. The minimum atomic E-state index is 0.631. The van der Waals surface area contributed by atoms with Crippen molar-refractivity contribution in [2.45, 2.75) is 64.7 Å². The second-order valence-electron chi connectivity index (χ2n) is 7.87. The highest BCUT2D eigenvalue weighted by Gasteiger charge is 2.41. The summed E-state index contributed by atoms with van der Waals surface area (Å²) in [5.41, 5.74) is 0.631. The second-order valence-corrected chi connectivity index (χ2v) is 7.87. The van der Waals surface area contributed by atoms with E-state index in [9.17, 15) is 0 Å². The van der Waals surface area contributed by atoms with Crippen LogP contribution in [0.25, 0.3) is 0 Å². The molecule has 1 saturated carbocycles. The third kappa shape index (κ3) is 4.62. The van der Waals surface area contributed by atoms with Gasteiger partial charge in [0.25, 0.3) is 0 Å². The van der Waals surface area contributed by atoms with E-state index in [-0.39, 0.29) is 0 Å². The van der Waals surface area contributed by atoms with Crippen LogP contribution in [0.5, 0.6) is 0 Å². The van der Waals surface area contributed by atoms with Gasteiger partial charge in [0, 0.05) is 26.2 Å². The van der Waals surface area contributed by atoms with Gasteiger partial charge in [0.1, 0.15) is 0 Å². The minimum absolute atomic E-state index is 0.631. The Bertz CT molecular complexity index is 381. The minimum Gasteiger partial charge on any atom is -0.357 e. The molecule has 1 N–H and O–H groups in total. The molecule has 3 rings (SSSR count). The quantitative estimate of drug-likeness (QED) is 0.463. The van der Waals surface area contributed by atoms with Crippen LogP contribution in [0.2, 0.25) is 0 Å². The maximum Gasteiger partial charge on any atom is 0.193 e. The van der Waals surface area contributed by atoms with E-state index in [1.807, 2.05) is 0 Å². The lowest BCUT2D eigenvalue weighted by molar-refractivity contribution is 0.309. The van der Waals surface area contributed by atoms with Crippen LogP contribution < -0.4 is 5.32 Å². The molecule has 1 spiro atoms. The van der Waals surface area contributed by atoms with Crippen LogP contribution in [0.1, 0.15) is 64.7 Å². The SMILES string of the molecule is CCNC(=NCCCCN1CCCC1)N1CCC2(CCCC2)C1.